The molecule has 1 aromatic rings. The van der Waals surface area contributed by atoms with Crippen LogP contribution in [0, 0.1) is 5.41 Å². The highest BCUT2D eigenvalue weighted by Gasteiger charge is 2.44. The summed E-state index contributed by atoms with van der Waals surface area (Å²) in [5.74, 6) is 0.841. The van der Waals surface area contributed by atoms with Gasteiger partial charge in [-0.2, -0.15) is 0 Å². The van der Waals surface area contributed by atoms with Crippen LogP contribution >= 0.6 is 0 Å². The first kappa shape index (κ1) is 11.8. The van der Waals surface area contributed by atoms with Gasteiger partial charge in [-0.25, -0.2) is 0 Å². The number of hydrogen-bond donors (Lipinski definition) is 0. The van der Waals surface area contributed by atoms with Crippen LogP contribution in [-0.2, 0) is 0 Å². The molecule has 1 aromatic carbocycles. The van der Waals surface area contributed by atoms with Gasteiger partial charge < -0.3 is 4.90 Å². The van der Waals surface area contributed by atoms with Crippen LogP contribution < -0.4 is 4.90 Å². The van der Waals surface area contributed by atoms with E-state index in [2.05, 4.69) is 29.2 Å². The lowest BCUT2D eigenvalue weighted by atomic mass is 9.77. The number of rotatable bonds is 2. The van der Waals surface area contributed by atoms with E-state index in [0.29, 0.717) is 0 Å². The normalized spacial score (nSPS) is 26.0. The molecule has 4 rings (SSSR count). The van der Waals surface area contributed by atoms with Crippen LogP contribution in [0.15, 0.2) is 24.3 Å². The van der Waals surface area contributed by atoms with Gasteiger partial charge in [-0.15, -0.1) is 0 Å². The summed E-state index contributed by atoms with van der Waals surface area (Å²) in [5.41, 5.74) is 3.91. The molecular weight excluding hydrogens is 230 g/mol. The minimum atomic E-state index is 0.822. The monoisotopic (exact) mass is 255 g/mol. The molecule has 102 valence electrons. The first-order valence-electron chi connectivity index (χ1n) is 8.20. The fourth-order valence-corrected chi connectivity index (χ4v) is 4.19. The van der Waals surface area contributed by atoms with Gasteiger partial charge >= 0.3 is 0 Å². The molecule has 0 bridgehead atoms. The first-order chi connectivity index (χ1) is 9.35. The van der Waals surface area contributed by atoms with Gasteiger partial charge in [0.1, 0.15) is 0 Å². The van der Waals surface area contributed by atoms with Crippen molar-refractivity contribution in [1.82, 2.24) is 0 Å². The Hall–Kier alpha value is -0.980. The third-order valence-electron chi connectivity index (χ3n) is 5.82. The van der Waals surface area contributed by atoms with Gasteiger partial charge in [0.05, 0.1) is 0 Å². The second-order valence-corrected chi connectivity index (χ2v) is 7.06. The Kier molecular flexibility index (Phi) is 2.82. The average molecular weight is 255 g/mol. The zero-order valence-corrected chi connectivity index (χ0v) is 11.9. The fraction of sp³-hybridized carbons (Fsp3) is 0.667. The van der Waals surface area contributed by atoms with E-state index in [1.54, 1.807) is 5.56 Å². The van der Waals surface area contributed by atoms with Crippen molar-refractivity contribution in [2.45, 2.75) is 57.3 Å². The summed E-state index contributed by atoms with van der Waals surface area (Å²) in [5, 5.41) is 0. The standard InChI is InChI=1S/C18H25N/c1-2-13-19(12-1)17-5-3-4-16(14-17)15-6-8-18(9-7-15)10-11-18/h3-5,14-15H,1-2,6-13H2. The molecule has 1 aliphatic heterocycles. The Morgan fingerprint density at radius 3 is 2.37 bits per heavy atom. The predicted molar refractivity (Wildman–Crippen MR) is 80.8 cm³/mol. The molecule has 19 heavy (non-hydrogen) atoms. The summed E-state index contributed by atoms with van der Waals surface area (Å²) >= 11 is 0. The predicted octanol–water partition coefficient (Wildman–Crippen LogP) is 4.72. The highest BCUT2D eigenvalue weighted by molar-refractivity contribution is 5.50. The Balaban J connectivity index is 1.49. The van der Waals surface area contributed by atoms with Crippen molar-refractivity contribution in [1.29, 1.82) is 0 Å². The smallest absolute Gasteiger partial charge is 0.0369 e. The zero-order chi connectivity index (χ0) is 12.7. The van der Waals surface area contributed by atoms with E-state index < -0.39 is 0 Å². The topological polar surface area (TPSA) is 3.24 Å². The number of nitrogens with zero attached hydrogens (tertiary/aromatic N) is 1. The van der Waals surface area contributed by atoms with Crippen LogP contribution in [0.4, 0.5) is 5.69 Å². The van der Waals surface area contributed by atoms with E-state index in [0.717, 1.165) is 11.3 Å². The highest BCUT2D eigenvalue weighted by atomic mass is 15.1. The Labute approximate surface area is 117 Å². The van der Waals surface area contributed by atoms with Gasteiger partial charge in [-0.1, -0.05) is 12.1 Å². The first-order valence-corrected chi connectivity index (χ1v) is 8.20. The fourth-order valence-electron chi connectivity index (χ4n) is 4.19. The van der Waals surface area contributed by atoms with Gasteiger partial charge in [0, 0.05) is 18.8 Å². The van der Waals surface area contributed by atoms with Crippen molar-refractivity contribution in [2.24, 2.45) is 5.41 Å². The maximum absolute atomic E-state index is 2.56. The van der Waals surface area contributed by atoms with Crippen molar-refractivity contribution in [2.75, 3.05) is 18.0 Å². The second kappa shape index (κ2) is 4.54. The van der Waals surface area contributed by atoms with E-state index in [1.807, 2.05) is 0 Å². The van der Waals surface area contributed by atoms with Crippen LogP contribution in [0.2, 0.25) is 0 Å². The summed E-state index contributed by atoms with van der Waals surface area (Å²) in [4.78, 5) is 2.56. The molecule has 1 heterocycles. The van der Waals surface area contributed by atoms with Gasteiger partial charge in [0.15, 0.2) is 0 Å². The van der Waals surface area contributed by atoms with Crippen molar-refractivity contribution in [3.63, 3.8) is 0 Å². The summed E-state index contributed by atoms with van der Waals surface area (Å²) in [7, 11) is 0. The largest absolute Gasteiger partial charge is 0.372 e. The molecule has 0 aromatic heterocycles. The van der Waals surface area contributed by atoms with Crippen LogP contribution in [0.1, 0.15) is 62.8 Å². The van der Waals surface area contributed by atoms with E-state index in [4.69, 9.17) is 0 Å². The van der Waals surface area contributed by atoms with Crippen molar-refractivity contribution >= 4 is 5.69 Å². The highest BCUT2D eigenvalue weighted by Crippen LogP contribution is 2.58. The van der Waals surface area contributed by atoms with E-state index in [9.17, 15) is 0 Å². The van der Waals surface area contributed by atoms with Crippen LogP contribution in [0.3, 0.4) is 0 Å². The molecule has 1 spiro atoms. The van der Waals surface area contributed by atoms with Gasteiger partial charge in [-0.3, -0.25) is 0 Å². The van der Waals surface area contributed by atoms with E-state index >= 15 is 0 Å². The Morgan fingerprint density at radius 2 is 1.68 bits per heavy atom. The number of benzene rings is 1. The zero-order valence-electron chi connectivity index (χ0n) is 11.9. The summed E-state index contributed by atoms with van der Waals surface area (Å²) < 4.78 is 0. The molecule has 3 aliphatic rings. The SMILES string of the molecule is c1cc(C2CCC3(CC2)CC3)cc(N2CCCC2)c1. The van der Waals surface area contributed by atoms with Crippen molar-refractivity contribution in [3.8, 4) is 0 Å². The van der Waals surface area contributed by atoms with Gasteiger partial charge in [-0.05, 0) is 80.4 Å². The van der Waals surface area contributed by atoms with Gasteiger partial charge in [0.25, 0.3) is 0 Å². The number of hydrogen-bond acceptors (Lipinski definition) is 1. The quantitative estimate of drug-likeness (QED) is 0.739. The van der Waals surface area contributed by atoms with Crippen molar-refractivity contribution < 1.29 is 0 Å². The van der Waals surface area contributed by atoms with Gasteiger partial charge in [0.2, 0.25) is 0 Å². The molecule has 2 saturated carbocycles. The molecule has 0 radical (unpaired) electrons. The molecule has 3 fully saturated rings. The molecule has 0 amide bonds. The molecule has 1 nitrogen and oxygen atoms in total. The molecule has 1 heteroatoms. The molecule has 0 unspecified atom stereocenters. The molecule has 1 saturated heterocycles. The summed E-state index contributed by atoms with van der Waals surface area (Å²) in [6.07, 6.45) is 11.6. The minimum absolute atomic E-state index is 0.822. The molecule has 0 atom stereocenters. The summed E-state index contributed by atoms with van der Waals surface area (Å²) in [6.45, 7) is 2.52. The lowest BCUT2D eigenvalue weighted by molar-refractivity contribution is 0.306. The Morgan fingerprint density at radius 1 is 0.947 bits per heavy atom. The third kappa shape index (κ3) is 2.28. The molecule has 0 N–H and O–H groups in total. The Bertz CT molecular complexity index is 445. The minimum Gasteiger partial charge on any atom is -0.372 e. The lowest BCUT2D eigenvalue weighted by Gasteiger charge is -2.29. The van der Waals surface area contributed by atoms with Crippen LogP contribution in [0.25, 0.3) is 0 Å². The third-order valence-corrected chi connectivity index (χ3v) is 5.82. The van der Waals surface area contributed by atoms with E-state index in [-0.39, 0.29) is 0 Å². The van der Waals surface area contributed by atoms with Crippen LogP contribution in [0.5, 0.6) is 0 Å². The molecule has 2 aliphatic carbocycles. The lowest BCUT2D eigenvalue weighted by Crippen LogP contribution is -2.18. The maximum Gasteiger partial charge on any atom is 0.0369 e. The summed E-state index contributed by atoms with van der Waals surface area (Å²) in [6, 6.07) is 9.44. The molecular formula is C18H25N. The van der Waals surface area contributed by atoms with Crippen molar-refractivity contribution in [3.05, 3.63) is 29.8 Å². The average Bonchev–Trinajstić information content (AvgIpc) is 3.01. The van der Waals surface area contributed by atoms with Crippen LogP contribution in [-0.4, -0.2) is 13.1 Å². The maximum atomic E-state index is 2.56. The van der Waals surface area contributed by atoms with E-state index in [1.165, 1.54) is 70.1 Å². The second-order valence-electron chi connectivity index (χ2n) is 7.06. The number of anilines is 1.